The van der Waals surface area contributed by atoms with Crippen LogP contribution in [0, 0.1) is 0 Å². The summed E-state index contributed by atoms with van der Waals surface area (Å²) in [6, 6.07) is 0.341. The van der Waals surface area contributed by atoms with E-state index >= 15 is 0 Å². The van der Waals surface area contributed by atoms with Gasteiger partial charge in [0.05, 0.1) is 19.3 Å². The number of hydrogen-bond donors (Lipinski definition) is 2. The van der Waals surface area contributed by atoms with E-state index in [0.717, 1.165) is 12.8 Å². The van der Waals surface area contributed by atoms with Gasteiger partial charge in [0.2, 0.25) is 0 Å². The quantitative estimate of drug-likeness (QED) is 0.542. The Kier molecular flexibility index (Phi) is 2.45. The van der Waals surface area contributed by atoms with Gasteiger partial charge in [-0.25, -0.2) is 0 Å². The molecule has 54 valence electrons. The molecule has 0 bridgehead atoms. The van der Waals surface area contributed by atoms with Gasteiger partial charge in [0.15, 0.2) is 0 Å². The molecule has 0 aliphatic heterocycles. The minimum absolute atomic E-state index is 0.117. The van der Waals surface area contributed by atoms with Gasteiger partial charge in [0, 0.05) is 6.04 Å². The van der Waals surface area contributed by atoms with Crippen molar-refractivity contribution < 1.29 is 9.84 Å². The van der Waals surface area contributed by atoms with Crippen molar-refractivity contribution in [3.8, 4) is 0 Å². The van der Waals surface area contributed by atoms with E-state index in [1.165, 1.54) is 0 Å². The molecule has 0 aromatic carbocycles. The zero-order valence-corrected chi connectivity index (χ0v) is 5.42. The first-order chi connectivity index (χ1) is 4.33. The first-order valence-electron chi connectivity index (χ1n) is 3.31. The van der Waals surface area contributed by atoms with Crippen LogP contribution >= 0.6 is 0 Å². The monoisotopic (exact) mass is 131 g/mol. The maximum atomic E-state index is 8.34. The number of aliphatic hydroxyl groups excluding tert-OH is 1. The summed E-state index contributed by atoms with van der Waals surface area (Å²) in [7, 11) is 0. The molecule has 1 aliphatic carbocycles. The highest BCUT2D eigenvalue weighted by Crippen LogP contribution is 2.20. The van der Waals surface area contributed by atoms with E-state index in [9.17, 15) is 0 Å². The van der Waals surface area contributed by atoms with E-state index in [1.807, 2.05) is 0 Å². The Labute approximate surface area is 54.8 Å². The van der Waals surface area contributed by atoms with Gasteiger partial charge < -0.3 is 15.6 Å². The average Bonchev–Trinajstić information content (AvgIpc) is 1.78. The van der Waals surface area contributed by atoms with E-state index < -0.39 is 0 Å². The largest absolute Gasteiger partial charge is 0.394 e. The van der Waals surface area contributed by atoms with Gasteiger partial charge in [-0.05, 0) is 12.8 Å². The highest BCUT2D eigenvalue weighted by Gasteiger charge is 2.25. The second kappa shape index (κ2) is 3.15. The zero-order valence-electron chi connectivity index (χ0n) is 5.42. The van der Waals surface area contributed by atoms with Crippen LogP contribution in [0.15, 0.2) is 0 Å². The maximum Gasteiger partial charge on any atom is 0.0701 e. The van der Waals surface area contributed by atoms with Crippen molar-refractivity contribution in [1.29, 1.82) is 0 Å². The molecule has 0 atom stereocenters. The first kappa shape index (κ1) is 6.99. The van der Waals surface area contributed by atoms with Crippen molar-refractivity contribution >= 4 is 0 Å². The molecule has 0 amide bonds. The highest BCUT2D eigenvalue weighted by atomic mass is 16.5. The van der Waals surface area contributed by atoms with Crippen LogP contribution in [0.5, 0.6) is 0 Å². The summed E-state index contributed by atoms with van der Waals surface area (Å²) in [4.78, 5) is 0. The maximum absolute atomic E-state index is 8.34. The Morgan fingerprint density at radius 2 is 2.22 bits per heavy atom. The zero-order chi connectivity index (χ0) is 6.69. The minimum Gasteiger partial charge on any atom is -0.394 e. The summed E-state index contributed by atoms with van der Waals surface area (Å²) in [5.41, 5.74) is 5.50. The van der Waals surface area contributed by atoms with Crippen LogP contribution in [0.2, 0.25) is 0 Å². The van der Waals surface area contributed by atoms with Crippen LogP contribution in [0.25, 0.3) is 0 Å². The van der Waals surface area contributed by atoms with Crippen molar-refractivity contribution in [2.75, 3.05) is 13.2 Å². The van der Waals surface area contributed by atoms with Crippen LogP contribution in [0.1, 0.15) is 12.8 Å². The van der Waals surface area contributed by atoms with Crippen LogP contribution in [0.4, 0.5) is 0 Å². The fourth-order valence-corrected chi connectivity index (χ4v) is 0.962. The standard InChI is InChI=1S/C6H13NO2/c7-5-3-6(4-5)9-2-1-8/h5-6,8H,1-4,7H2/t5-,6-. The van der Waals surface area contributed by atoms with Crippen LogP contribution in [-0.2, 0) is 4.74 Å². The molecule has 0 radical (unpaired) electrons. The van der Waals surface area contributed by atoms with Gasteiger partial charge in [-0.1, -0.05) is 0 Å². The Morgan fingerprint density at radius 3 is 2.67 bits per heavy atom. The molecule has 0 aromatic rings. The van der Waals surface area contributed by atoms with Crippen LogP contribution < -0.4 is 5.73 Å². The predicted molar refractivity (Wildman–Crippen MR) is 34.0 cm³/mol. The fourth-order valence-electron chi connectivity index (χ4n) is 0.962. The SMILES string of the molecule is N[C@H]1C[C@H](OCCO)C1. The van der Waals surface area contributed by atoms with Gasteiger partial charge in [-0.3, -0.25) is 0 Å². The molecule has 0 unspecified atom stereocenters. The lowest BCUT2D eigenvalue weighted by Crippen LogP contribution is -2.41. The van der Waals surface area contributed by atoms with Crippen molar-refractivity contribution in [1.82, 2.24) is 0 Å². The summed E-state index contributed by atoms with van der Waals surface area (Å²) in [6.07, 6.45) is 2.24. The number of hydrogen-bond acceptors (Lipinski definition) is 3. The molecule has 3 nitrogen and oxygen atoms in total. The minimum atomic E-state index is 0.117. The third-order valence-electron chi connectivity index (χ3n) is 1.58. The highest BCUT2D eigenvalue weighted by molar-refractivity contribution is 4.82. The molecule has 1 saturated carbocycles. The van der Waals surface area contributed by atoms with E-state index in [-0.39, 0.29) is 6.61 Å². The second-order valence-corrected chi connectivity index (χ2v) is 2.45. The molecular formula is C6H13NO2. The van der Waals surface area contributed by atoms with Gasteiger partial charge in [-0.15, -0.1) is 0 Å². The van der Waals surface area contributed by atoms with Crippen molar-refractivity contribution in [2.45, 2.75) is 25.0 Å². The third kappa shape index (κ3) is 1.93. The molecule has 3 heteroatoms. The predicted octanol–water partition coefficient (Wildman–Crippen LogP) is -0.515. The molecule has 1 aliphatic rings. The van der Waals surface area contributed by atoms with Crippen LogP contribution in [-0.4, -0.2) is 30.5 Å². The fraction of sp³-hybridized carbons (Fsp3) is 1.00. The Morgan fingerprint density at radius 1 is 1.56 bits per heavy atom. The summed E-state index contributed by atoms with van der Waals surface area (Å²) >= 11 is 0. The topological polar surface area (TPSA) is 55.5 Å². The molecule has 0 aromatic heterocycles. The van der Waals surface area contributed by atoms with Gasteiger partial charge >= 0.3 is 0 Å². The Bertz CT molecular complexity index is 81.1. The summed E-state index contributed by atoms with van der Waals surface area (Å²) in [5.74, 6) is 0. The summed E-state index contributed by atoms with van der Waals surface area (Å²) in [5, 5.41) is 8.34. The molecule has 0 saturated heterocycles. The number of rotatable bonds is 3. The lowest BCUT2D eigenvalue weighted by molar-refractivity contribution is -0.0229. The molecule has 1 fully saturated rings. The molecular weight excluding hydrogens is 118 g/mol. The van der Waals surface area contributed by atoms with Gasteiger partial charge in [0.1, 0.15) is 0 Å². The Hall–Kier alpha value is -0.120. The normalized spacial score (nSPS) is 34.0. The smallest absolute Gasteiger partial charge is 0.0701 e. The molecule has 0 spiro atoms. The van der Waals surface area contributed by atoms with Gasteiger partial charge in [0.25, 0.3) is 0 Å². The number of aliphatic hydroxyl groups is 1. The van der Waals surface area contributed by atoms with E-state index in [1.54, 1.807) is 0 Å². The van der Waals surface area contributed by atoms with Gasteiger partial charge in [-0.2, -0.15) is 0 Å². The molecule has 9 heavy (non-hydrogen) atoms. The lowest BCUT2D eigenvalue weighted by atomic mass is 9.90. The number of ether oxygens (including phenoxy) is 1. The van der Waals surface area contributed by atoms with E-state index in [2.05, 4.69) is 0 Å². The Balaban J connectivity index is 1.91. The second-order valence-electron chi connectivity index (χ2n) is 2.45. The summed E-state index contributed by atoms with van der Waals surface area (Å²) < 4.78 is 5.17. The molecule has 3 N–H and O–H groups in total. The first-order valence-corrected chi connectivity index (χ1v) is 3.31. The van der Waals surface area contributed by atoms with Crippen molar-refractivity contribution in [3.05, 3.63) is 0 Å². The number of nitrogens with two attached hydrogens (primary N) is 1. The van der Waals surface area contributed by atoms with E-state index in [0.29, 0.717) is 18.8 Å². The average molecular weight is 131 g/mol. The third-order valence-corrected chi connectivity index (χ3v) is 1.58. The molecule has 0 heterocycles. The van der Waals surface area contributed by atoms with Crippen molar-refractivity contribution in [2.24, 2.45) is 5.73 Å². The lowest BCUT2D eigenvalue weighted by Gasteiger charge is -2.31. The van der Waals surface area contributed by atoms with Crippen LogP contribution in [0.3, 0.4) is 0 Å². The summed E-state index contributed by atoms with van der Waals surface area (Å²) in [6.45, 7) is 0.573. The molecule has 1 rings (SSSR count). The van der Waals surface area contributed by atoms with Crippen molar-refractivity contribution in [3.63, 3.8) is 0 Å². The van der Waals surface area contributed by atoms with E-state index in [4.69, 9.17) is 15.6 Å².